The van der Waals surface area contributed by atoms with Crippen LogP contribution in [-0.4, -0.2) is 37.1 Å². The van der Waals surface area contributed by atoms with E-state index >= 15 is 0 Å². The zero-order valence-corrected chi connectivity index (χ0v) is 21.2. The summed E-state index contributed by atoms with van der Waals surface area (Å²) < 4.78 is 2.56. The molecule has 37 heavy (non-hydrogen) atoms. The van der Waals surface area contributed by atoms with Crippen LogP contribution < -0.4 is 0 Å². The normalized spacial score (nSPS) is 11.1. The molecule has 0 aromatic carbocycles. The lowest BCUT2D eigenvalue weighted by molar-refractivity contribution is 0.0686. The Morgan fingerprint density at radius 2 is 1.30 bits per heavy atom. The van der Waals surface area contributed by atoms with E-state index in [2.05, 4.69) is 44.6 Å². The summed E-state index contributed by atoms with van der Waals surface area (Å²) >= 11 is 5.19. The lowest BCUT2D eigenvalue weighted by atomic mass is 10.1. The number of nitrogens with zero attached hydrogens (tertiary/aromatic N) is 3. The first-order valence-electron chi connectivity index (χ1n) is 10.9. The van der Waals surface area contributed by atoms with Gasteiger partial charge < -0.3 is 10.2 Å². The molecule has 0 atom stereocenters. The van der Waals surface area contributed by atoms with Gasteiger partial charge in [0.05, 0.1) is 33.9 Å². The van der Waals surface area contributed by atoms with Crippen molar-refractivity contribution in [1.82, 2.24) is 15.0 Å². The number of pyridine rings is 3. The van der Waals surface area contributed by atoms with E-state index in [1.165, 1.54) is 49.6 Å². The fraction of sp³-hybridized carbons (Fsp3) is 0. The third-order valence-electron chi connectivity index (χ3n) is 5.64. The minimum absolute atomic E-state index is 0.00537. The summed E-state index contributed by atoms with van der Waals surface area (Å²) in [5.74, 6) is -2.24. The molecular weight excluding hydrogens is 527 g/mol. The highest BCUT2D eigenvalue weighted by atomic mass is 32.1. The Kier molecular flexibility index (Phi) is 5.84. The predicted octanol–water partition coefficient (Wildman–Crippen LogP) is 7.27. The summed E-state index contributed by atoms with van der Waals surface area (Å²) in [6, 6.07) is 17.9. The van der Waals surface area contributed by atoms with Gasteiger partial charge in [0, 0.05) is 36.4 Å². The quantitative estimate of drug-likeness (QED) is 0.228. The van der Waals surface area contributed by atoms with Crippen LogP contribution in [0.25, 0.3) is 52.4 Å². The van der Waals surface area contributed by atoms with Crippen molar-refractivity contribution in [1.29, 1.82) is 0 Å². The molecule has 180 valence electrons. The SMILES string of the molecule is O=C(O)c1ccnc(-c2cc(C(=O)O)cc(-c3cc(-c4ccc(-c5cc6sccc6s5)s4)ccn3)n2)c1. The highest BCUT2D eigenvalue weighted by molar-refractivity contribution is 7.31. The van der Waals surface area contributed by atoms with Crippen LogP contribution in [0, 0.1) is 0 Å². The Hall–Kier alpha value is -4.25. The van der Waals surface area contributed by atoms with E-state index in [0.29, 0.717) is 11.4 Å². The maximum Gasteiger partial charge on any atom is 0.335 e. The van der Waals surface area contributed by atoms with Gasteiger partial charge in [0.2, 0.25) is 0 Å². The molecular formula is C27H15N3O4S3. The number of rotatable bonds is 6. The number of hydrogen-bond acceptors (Lipinski definition) is 8. The fourth-order valence-electron chi connectivity index (χ4n) is 3.86. The molecule has 0 aliphatic heterocycles. The molecule has 7 nitrogen and oxygen atoms in total. The van der Waals surface area contributed by atoms with Gasteiger partial charge in [0.15, 0.2) is 0 Å². The van der Waals surface area contributed by atoms with Gasteiger partial charge in [-0.3, -0.25) is 9.97 Å². The standard InChI is InChI=1S/C27H15N3O4S3/c31-26(32)15-4-7-29-18(10-15)20-12-16(27(33)34)11-19(30-20)17-9-14(3-6-28-17)21-1-2-22(36-21)25-13-24-23(37-25)5-8-35-24/h1-13H,(H,31,32)(H,33,34). The number of carboxylic acid groups (broad SMARTS) is 2. The molecule has 0 unspecified atom stereocenters. The topological polar surface area (TPSA) is 113 Å². The van der Waals surface area contributed by atoms with Crippen LogP contribution in [0.4, 0.5) is 0 Å². The molecule has 0 spiro atoms. The number of hydrogen-bond donors (Lipinski definition) is 2. The Morgan fingerprint density at radius 1 is 0.622 bits per heavy atom. The average Bonchev–Trinajstić information content (AvgIpc) is 3.65. The molecule has 6 heterocycles. The minimum atomic E-state index is -1.13. The Labute approximate surface area is 222 Å². The van der Waals surface area contributed by atoms with Crippen molar-refractivity contribution >= 4 is 55.3 Å². The largest absolute Gasteiger partial charge is 0.478 e. The molecule has 6 aromatic rings. The fourth-order valence-corrected chi connectivity index (χ4v) is 7.05. The summed E-state index contributed by atoms with van der Waals surface area (Å²) in [7, 11) is 0. The van der Waals surface area contributed by atoms with Crippen LogP contribution in [-0.2, 0) is 0 Å². The minimum Gasteiger partial charge on any atom is -0.478 e. The molecule has 6 rings (SSSR count). The molecule has 0 radical (unpaired) electrons. The molecule has 0 amide bonds. The second-order valence-electron chi connectivity index (χ2n) is 8.02. The zero-order chi connectivity index (χ0) is 25.5. The molecule has 6 aromatic heterocycles. The van der Waals surface area contributed by atoms with Crippen LogP contribution in [0.3, 0.4) is 0 Å². The van der Waals surface area contributed by atoms with Gasteiger partial charge in [-0.1, -0.05) is 0 Å². The monoisotopic (exact) mass is 541 g/mol. The Balaban J connectivity index is 1.39. The van der Waals surface area contributed by atoms with Crippen LogP contribution >= 0.6 is 34.0 Å². The molecule has 0 saturated carbocycles. The van der Waals surface area contributed by atoms with Crippen LogP contribution in [0.15, 0.2) is 78.4 Å². The lowest BCUT2D eigenvalue weighted by Crippen LogP contribution is -2.02. The van der Waals surface area contributed by atoms with Crippen LogP contribution in [0.1, 0.15) is 20.7 Å². The molecule has 0 saturated heterocycles. The van der Waals surface area contributed by atoms with Gasteiger partial charge in [-0.2, -0.15) is 0 Å². The van der Waals surface area contributed by atoms with E-state index in [-0.39, 0.29) is 22.5 Å². The number of fused-ring (bicyclic) bond motifs is 1. The second-order valence-corrected chi connectivity index (χ2v) is 11.1. The van der Waals surface area contributed by atoms with Crippen LogP contribution in [0.5, 0.6) is 0 Å². The van der Waals surface area contributed by atoms with Gasteiger partial charge in [-0.05, 0) is 71.6 Å². The van der Waals surface area contributed by atoms with Crippen molar-refractivity contribution in [3.63, 3.8) is 0 Å². The number of carboxylic acids is 2. The van der Waals surface area contributed by atoms with Crippen molar-refractivity contribution < 1.29 is 19.8 Å². The Bertz CT molecular complexity index is 1790. The van der Waals surface area contributed by atoms with E-state index in [1.807, 2.05) is 12.1 Å². The summed E-state index contributed by atoms with van der Waals surface area (Å²) in [6.45, 7) is 0. The molecule has 0 fully saturated rings. The average molecular weight is 542 g/mol. The van der Waals surface area contributed by atoms with E-state index in [0.717, 1.165) is 10.4 Å². The molecule has 10 heteroatoms. The van der Waals surface area contributed by atoms with E-state index < -0.39 is 11.9 Å². The highest BCUT2D eigenvalue weighted by Gasteiger charge is 2.16. The smallest absolute Gasteiger partial charge is 0.335 e. The molecule has 0 aliphatic rings. The predicted molar refractivity (Wildman–Crippen MR) is 147 cm³/mol. The third kappa shape index (κ3) is 4.53. The molecule has 2 N–H and O–H groups in total. The van der Waals surface area contributed by atoms with Gasteiger partial charge in [-0.15, -0.1) is 34.0 Å². The number of carbonyl (C=O) groups is 2. The first-order chi connectivity index (χ1) is 17.9. The van der Waals surface area contributed by atoms with Gasteiger partial charge in [-0.25, -0.2) is 14.6 Å². The maximum absolute atomic E-state index is 11.9. The number of aromatic nitrogens is 3. The molecule has 0 bridgehead atoms. The Morgan fingerprint density at radius 3 is 2.03 bits per heavy atom. The van der Waals surface area contributed by atoms with Crippen molar-refractivity contribution in [3.8, 4) is 43.0 Å². The second kappa shape index (κ2) is 9.32. The third-order valence-corrected chi connectivity index (χ3v) is 9.06. The summed E-state index contributed by atoms with van der Waals surface area (Å²) in [6.07, 6.45) is 3.03. The van der Waals surface area contributed by atoms with E-state index in [9.17, 15) is 19.8 Å². The van der Waals surface area contributed by atoms with E-state index in [4.69, 9.17) is 0 Å². The summed E-state index contributed by atoms with van der Waals surface area (Å²) in [5, 5.41) is 21.1. The van der Waals surface area contributed by atoms with Gasteiger partial charge in [0.25, 0.3) is 0 Å². The van der Waals surface area contributed by atoms with Crippen molar-refractivity contribution in [3.05, 3.63) is 89.6 Å². The molecule has 0 aliphatic carbocycles. The first kappa shape index (κ1) is 23.2. The summed E-state index contributed by atoms with van der Waals surface area (Å²) in [4.78, 5) is 39.9. The van der Waals surface area contributed by atoms with Gasteiger partial charge >= 0.3 is 11.9 Å². The van der Waals surface area contributed by atoms with Gasteiger partial charge in [0.1, 0.15) is 0 Å². The number of thiophene rings is 3. The first-order valence-corrected chi connectivity index (χ1v) is 13.4. The lowest BCUT2D eigenvalue weighted by Gasteiger charge is -2.08. The highest BCUT2D eigenvalue weighted by Crippen LogP contribution is 2.41. The van der Waals surface area contributed by atoms with E-state index in [1.54, 1.807) is 40.2 Å². The van der Waals surface area contributed by atoms with Crippen molar-refractivity contribution in [2.45, 2.75) is 0 Å². The summed E-state index contributed by atoms with van der Waals surface area (Å²) in [5.41, 5.74) is 2.35. The van der Waals surface area contributed by atoms with Crippen molar-refractivity contribution in [2.75, 3.05) is 0 Å². The zero-order valence-electron chi connectivity index (χ0n) is 18.8. The maximum atomic E-state index is 11.9. The number of aromatic carboxylic acids is 2. The van der Waals surface area contributed by atoms with Crippen LogP contribution in [0.2, 0.25) is 0 Å². The van der Waals surface area contributed by atoms with Crippen molar-refractivity contribution in [2.24, 2.45) is 0 Å².